The van der Waals surface area contributed by atoms with Gasteiger partial charge in [0.25, 0.3) is 0 Å². The molecule has 0 saturated heterocycles. The number of anilines is 2. The van der Waals surface area contributed by atoms with Gasteiger partial charge in [0.05, 0.1) is 0 Å². The van der Waals surface area contributed by atoms with Gasteiger partial charge >= 0.3 is 0 Å². The molecule has 0 spiro atoms. The average Bonchev–Trinajstić information content (AvgIpc) is 2.22. The van der Waals surface area contributed by atoms with Crippen LogP contribution in [0.1, 0.15) is 25.8 Å². The molecule has 0 aromatic heterocycles. The minimum atomic E-state index is 0.206. The zero-order chi connectivity index (χ0) is 12.1. The van der Waals surface area contributed by atoms with Crippen LogP contribution >= 0.6 is 0 Å². The van der Waals surface area contributed by atoms with Crippen molar-refractivity contribution in [2.24, 2.45) is 5.92 Å². The van der Waals surface area contributed by atoms with Crippen LogP contribution < -0.4 is 11.1 Å². The Hall–Kier alpha value is -1.22. The Labute approximate surface area is 97.7 Å². The van der Waals surface area contributed by atoms with Gasteiger partial charge < -0.3 is 16.2 Å². The van der Waals surface area contributed by atoms with Crippen LogP contribution in [0.3, 0.4) is 0 Å². The molecule has 0 saturated carbocycles. The highest BCUT2D eigenvalue weighted by Crippen LogP contribution is 2.21. The largest absolute Gasteiger partial charge is 0.399 e. The van der Waals surface area contributed by atoms with Crippen molar-refractivity contribution in [3.8, 4) is 0 Å². The lowest BCUT2D eigenvalue weighted by Gasteiger charge is -2.24. The number of benzene rings is 1. The van der Waals surface area contributed by atoms with E-state index in [2.05, 4.69) is 26.1 Å². The van der Waals surface area contributed by atoms with E-state index in [9.17, 15) is 0 Å². The molecule has 1 unspecified atom stereocenters. The Balaban J connectivity index is 2.80. The highest BCUT2D eigenvalue weighted by molar-refractivity contribution is 5.59. The molecule has 0 radical (unpaired) electrons. The van der Waals surface area contributed by atoms with Crippen molar-refractivity contribution in [2.45, 2.75) is 33.2 Å². The second-order valence-electron chi connectivity index (χ2n) is 4.58. The number of nitrogen functional groups attached to an aromatic ring is 1. The molecule has 3 nitrogen and oxygen atoms in total. The molecule has 16 heavy (non-hydrogen) atoms. The van der Waals surface area contributed by atoms with E-state index in [0.29, 0.717) is 5.92 Å². The number of aliphatic hydroxyl groups excluding tert-OH is 1. The van der Waals surface area contributed by atoms with Crippen molar-refractivity contribution >= 4 is 11.4 Å². The summed E-state index contributed by atoms with van der Waals surface area (Å²) < 4.78 is 0. The Kier molecular flexibility index (Phi) is 4.62. The van der Waals surface area contributed by atoms with Gasteiger partial charge in [-0.1, -0.05) is 19.9 Å². The van der Waals surface area contributed by atoms with Crippen molar-refractivity contribution in [1.82, 2.24) is 0 Å². The summed E-state index contributed by atoms with van der Waals surface area (Å²) in [5.74, 6) is 0.480. The number of hydrogen-bond donors (Lipinski definition) is 3. The van der Waals surface area contributed by atoms with Gasteiger partial charge in [0.15, 0.2) is 0 Å². The topological polar surface area (TPSA) is 58.3 Å². The maximum Gasteiger partial charge on any atom is 0.0450 e. The van der Waals surface area contributed by atoms with Crippen molar-refractivity contribution in [3.05, 3.63) is 23.8 Å². The van der Waals surface area contributed by atoms with Crippen LogP contribution in [0, 0.1) is 12.8 Å². The molecule has 0 aliphatic heterocycles. The lowest BCUT2D eigenvalue weighted by molar-refractivity contribution is 0.267. The fourth-order valence-electron chi connectivity index (χ4n) is 1.71. The number of rotatable bonds is 5. The molecule has 0 amide bonds. The molecule has 1 aromatic rings. The van der Waals surface area contributed by atoms with E-state index < -0.39 is 0 Å². The van der Waals surface area contributed by atoms with Crippen LogP contribution in [0.5, 0.6) is 0 Å². The van der Waals surface area contributed by atoms with Gasteiger partial charge in [-0.2, -0.15) is 0 Å². The van der Waals surface area contributed by atoms with Gasteiger partial charge in [0.2, 0.25) is 0 Å². The first kappa shape index (κ1) is 12.8. The molecule has 0 heterocycles. The van der Waals surface area contributed by atoms with Gasteiger partial charge in [-0.05, 0) is 37.0 Å². The summed E-state index contributed by atoms with van der Waals surface area (Å²) in [6.07, 6.45) is 0.756. The third kappa shape index (κ3) is 3.42. The molecule has 0 bridgehead atoms. The smallest absolute Gasteiger partial charge is 0.0450 e. The fourth-order valence-corrected chi connectivity index (χ4v) is 1.71. The van der Waals surface area contributed by atoms with Gasteiger partial charge in [0.1, 0.15) is 0 Å². The normalized spacial score (nSPS) is 12.8. The maximum absolute atomic E-state index is 9.02. The van der Waals surface area contributed by atoms with Gasteiger partial charge in [-0.3, -0.25) is 0 Å². The summed E-state index contributed by atoms with van der Waals surface area (Å²) in [6, 6.07) is 6.14. The summed E-state index contributed by atoms with van der Waals surface area (Å²) in [5.41, 5.74) is 8.77. The highest BCUT2D eigenvalue weighted by Gasteiger charge is 2.13. The summed E-state index contributed by atoms with van der Waals surface area (Å²) >= 11 is 0. The van der Waals surface area contributed by atoms with Crippen LogP contribution in [-0.4, -0.2) is 17.8 Å². The molecule has 1 rings (SSSR count). The van der Waals surface area contributed by atoms with Crippen LogP contribution in [-0.2, 0) is 0 Å². The number of hydrogen-bond acceptors (Lipinski definition) is 3. The summed E-state index contributed by atoms with van der Waals surface area (Å²) in [6.45, 7) is 6.55. The Morgan fingerprint density at radius 1 is 1.38 bits per heavy atom. The molecule has 1 aromatic carbocycles. The predicted molar refractivity (Wildman–Crippen MR) is 69.5 cm³/mol. The SMILES string of the molecule is Cc1ccc(N)cc1NC(CCO)C(C)C. The van der Waals surface area contributed by atoms with E-state index in [-0.39, 0.29) is 12.6 Å². The first-order valence-electron chi connectivity index (χ1n) is 5.78. The van der Waals surface area contributed by atoms with E-state index in [1.807, 2.05) is 18.2 Å². The first-order chi connectivity index (χ1) is 7.54. The number of nitrogens with two attached hydrogens (primary N) is 1. The van der Waals surface area contributed by atoms with Crippen LogP contribution in [0.25, 0.3) is 0 Å². The second-order valence-corrected chi connectivity index (χ2v) is 4.58. The quantitative estimate of drug-likeness (QED) is 0.670. The zero-order valence-electron chi connectivity index (χ0n) is 10.3. The molecule has 90 valence electrons. The molecular formula is C13H22N2O. The van der Waals surface area contributed by atoms with Crippen molar-refractivity contribution in [1.29, 1.82) is 0 Å². The Morgan fingerprint density at radius 3 is 2.62 bits per heavy atom. The second kappa shape index (κ2) is 5.75. The monoisotopic (exact) mass is 222 g/mol. The summed E-state index contributed by atoms with van der Waals surface area (Å²) in [4.78, 5) is 0. The summed E-state index contributed by atoms with van der Waals surface area (Å²) in [7, 11) is 0. The zero-order valence-corrected chi connectivity index (χ0v) is 10.3. The van der Waals surface area contributed by atoms with Crippen LogP contribution in [0.2, 0.25) is 0 Å². The van der Waals surface area contributed by atoms with E-state index >= 15 is 0 Å². The molecule has 4 N–H and O–H groups in total. The standard InChI is InChI=1S/C13H22N2O/c1-9(2)12(6-7-16)15-13-8-11(14)5-4-10(13)3/h4-5,8-9,12,15-16H,6-7,14H2,1-3H3. The van der Waals surface area contributed by atoms with E-state index in [1.165, 1.54) is 5.56 Å². The molecule has 3 heteroatoms. The van der Waals surface area contributed by atoms with Gasteiger partial charge in [-0.15, -0.1) is 0 Å². The minimum absolute atomic E-state index is 0.206. The van der Waals surface area contributed by atoms with E-state index in [0.717, 1.165) is 17.8 Å². The third-order valence-electron chi connectivity index (χ3n) is 2.85. The Bertz CT molecular complexity index is 337. The number of aliphatic hydroxyl groups is 1. The number of nitrogens with one attached hydrogen (secondary N) is 1. The Morgan fingerprint density at radius 2 is 2.06 bits per heavy atom. The third-order valence-corrected chi connectivity index (χ3v) is 2.85. The van der Waals surface area contributed by atoms with Crippen molar-refractivity contribution in [2.75, 3.05) is 17.7 Å². The molecule has 0 aliphatic carbocycles. The molecule has 1 atom stereocenters. The summed E-state index contributed by atoms with van der Waals surface area (Å²) in [5, 5.41) is 12.5. The van der Waals surface area contributed by atoms with E-state index in [4.69, 9.17) is 10.8 Å². The predicted octanol–water partition coefficient (Wildman–Crippen LogP) is 2.40. The highest BCUT2D eigenvalue weighted by atomic mass is 16.3. The minimum Gasteiger partial charge on any atom is -0.399 e. The first-order valence-corrected chi connectivity index (χ1v) is 5.78. The number of aryl methyl sites for hydroxylation is 1. The maximum atomic E-state index is 9.02. The van der Waals surface area contributed by atoms with Gasteiger partial charge in [-0.25, -0.2) is 0 Å². The lowest BCUT2D eigenvalue weighted by atomic mass is 10.0. The van der Waals surface area contributed by atoms with Crippen LogP contribution in [0.15, 0.2) is 18.2 Å². The molecule has 0 aliphatic rings. The average molecular weight is 222 g/mol. The molecular weight excluding hydrogens is 200 g/mol. The van der Waals surface area contributed by atoms with E-state index in [1.54, 1.807) is 0 Å². The lowest BCUT2D eigenvalue weighted by Crippen LogP contribution is -2.27. The van der Waals surface area contributed by atoms with Crippen molar-refractivity contribution < 1.29 is 5.11 Å². The fraction of sp³-hybridized carbons (Fsp3) is 0.538. The molecule has 0 fully saturated rings. The van der Waals surface area contributed by atoms with Crippen LogP contribution in [0.4, 0.5) is 11.4 Å². The van der Waals surface area contributed by atoms with Gasteiger partial charge in [0, 0.05) is 24.0 Å². The van der Waals surface area contributed by atoms with Crippen molar-refractivity contribution in [3.63, 3.8) is 0 Å².